The van der Waals surface area contributed by atoms with Gasteiger partial charge in [-0.25, -0.2) is 0 Å². The van der Waals surface area contributed by atoms with Crippen LogP contribution in [0, 0.1) is 0 Å². The zero-order valence-electron chi connectivity index (χ0n) is 12.5. The summed E-state index contributed by atoms with van der Waals surface area (Å²) >= 11 is 1.72. The van der Waals surface area contributed by atoms with Crippen LogP contribution in [0.15, 0.2) is 30.3 Å². The molecule has 5 heteroatoms. The van der Waals surface area contributed by atoms with Crippen LogP contribution in [0.2, 0.25) is 0 Å². The van der Waals surface area contributed by atoms with Crippen molar-refractivity contribution >= 4 is 17.7 Å². The second-order valence-electron chi connectivity index (χ2n) is 5.35. The van der Waals surface area contributed by atoms with E-state index in [0.717, 1.165) is 18.6 Å². The summed E-state index contributed by atoms with van der Waals surface area (Å²) in [6, 6.07) is 9.86. The number of carbonyl (C=O) groups excluding carboxylic acids is 1. The van der Waals surface area contributed by atoms with Crippen molar-refractivity contribution < 1.29 is 9.53 Å². The second-order valence-corrected chi connectivity index (χ2v) is 6.34. The predicted molar refractivity (Wildman–Crippen MR) is 87.4 cm³/mol. The first-order valence-electron chi connectivity index (χ1n) is 7.39. The van der Waals surface area contributed by atoms with E-state index < -0.39 is 0 Å². The molecule has 1 aliphatic rings. The molecule has 21 heavy (non-hydrogen) atoms. The summed E-state index contributed by atoms with van der Waals surface area (Å²) in [5.41, 5.74) is 7.23. The van der Waals surface area contributed by atoms with Crippen molar-refractivity contribution in [3.8, 4) is 0 Å². The van der Waals surface area contributed by atoms with E-state index in [0.29, 0.717) is 19.7 Å². The molecule has 0 aromatic heterocycles. The summed E-state index contributed by atoms with van der Waals surface area (Å²) in [6.45, 7) is 1.89. The van der Waals surface area contributed by atoms with E-state index in [1.54, 1.807) is 11.8 Å². The fourth-order valence-corrected chi connectivity index (χ4v) is 3.01. The Morgan fingerprint density at radius 2 is 2.24 bits per heavy atom. The fraction of sp³-hybridized carbons (Fsp3) is 0.562. The monoisotopic (exact) mass is 308 g/mol. The summed E-state index contributed by atoms with van der Waals surface area (Å²) in [5.74, 6) is 0.982. The molecule has 0 bridgehead atoms. The summed E-state index contributed by atoms with van der Waals surface area (Å²) < 4.78 is 5.78. The molecule has 0 spiro atoms. The Hall–Kier alpha value is -1.04. The second kappa shape index (κ2) is 8.41. The van der Waals surface area contributed by atoms with E-state index in [9.17, 15) is 4.79 Å². The lowest BCUT2D eigenvalue weighted by atomic mass is 10.1. The number of thioether (sulfide) groups is 1. The van der Waals surface area contributed by atoms with Crippen LogP contribution in [0.4, 0.5) is 0 Å². The van der Waals surface area contributed by atoms with Gasteiger partial charge < -0.3 is 15.4 Å². The molecule has 0 aliphatic carbocycles. The smallest absolute Gasteiger partial charge is 0.239 e. The zero-order valence-corrected chi connectivity index (χ0v) is 13.3. The minimum absolute atomic E-state index is 0.0606. The maximum Gasteiger partial charge on any atom is 0.239 e. The lowest BCUT2D eigenvalue weighted by Crippen LogP contribution is -2.52. The van der Waals surface area contributed by atoms with E-state index in [2.05, 4.69) is 12.1 Å². The van der Waals surface area contributed by atoms with E-state index in [1.807, 2.05) is 29.4 Å². The molecule has 1 aromatic carbocycles. The van der Waals surface area contributed by atoms with Gasteiger partial charge in [-0.05, 0) is 24.0 Å². The molecule has 0 radical (unpaired) electrons. The van der Waals surface area contributed by atoms with Gasteiger partial charge in [0.15, 0.2) is 0 Å². The number of morpholine rings is 1. The average Bonchev–Trinajstić information content (AvgIpc) is 2.53. The molecule has 2 N–H and O–H groups in total. The largest absolute Gasteiger partial charge is 0.374 e. The molecular weight excluding hydrogens is 284 g/mol. The molecule has 2 rings (SSSR count). The van der Waals surface area contributed by atoms with Crippen molar-refractivity contribution in [2.45, 2.75) is 25.0 Å². The minimum atomic E-state index is -0.382. The third-order valence-electron chi connectivity index (χ3n) is 3.71. The maximum absolute atomic E-state index is 12.3. The highest BCUT2D eigenvalue weighted by Gasteiger charge is 2.27. The van der Waals surface area contributed by atoms with Crippen LogP contribution in [-0.2, 0) is 16.0 Å². The zero-order chi connectivity index (χ0) is 15.1. The molecule has 1 heterocycles. The number of carbonyl (C=O) groups is 1. The average molecular weight is 308 g/mol. The molecule has 2 atom stereocenters. The fourth-order valence-electron chi connectivity index (χ4n) is 2.52. The number of hydrogen-bond donors (Lipinski definition) is 1. The van der Waals surface area contributed by atoms with Gasteiger partial charge in [-0.2, -0.15) is 11.8 Å². The van der Waals surface area contributed by atoms with Crippen molar-refractivity contribution in [2.24, 2.45) is 5.73 Å². The molecule has 116 valence electrons. The summed E-state index contributed by atoms with van der Waals surface area (Å²) in [5, 5.41) is 0. The third-order valence-corrected chi connectivity index (χ3v) is 4.35. The van der Waals surface area contributed by atoms with Crippen molar-refractivity contribution in [3.05, 3.63) is 35.9 Å². The van der Waals surface area contributed by atoms with Gasteiger partial charge in [0, 0.05) is 19.5 Å². The molecular formula is C16H24N2O2S. The molecule has 1 amide bonds. The summed E-state index contributed by atoms with van der Waals surface area (Å²) in [4.78, 5) is 14.2. The normalized spacial score (nSPS) is 20.3. The highest BCUT2D eigenvalue weighted by Crippen LogP contribution is 2.13. The maximum atomic E-state index is 12.3. The number of hydrogen-bond acceptors (Lipinski definition) is 4. The SMILES string of the molecule is CSCCC(N)C(=O)N1CCOC(Cc2ccccc2)C1. The topological polar surface area (TPSA) is 55.6 Å². The van der Waals surface area contributed by atoms with Crippen LogP contribution in [-0.4, -0.2) is 54.7 Å². The Morgan fingerprint density at radius 1 is 1.48 bits per heavy atom. The number of benzene rings is 1. The Morgan fingerprint density at radius 3 is 2.95 bits per heavy atom. The molecule has 1 saturated heterocycles. The van der Waals surface area contributed by atoms with Crippen molar-refractivity contribution in [1.29, 1.82) is 0 Å². The van der Waals surface area contributed by atoms with Gasteiger partial charge in [0.1, 0.15) is 0 Å². The van der Waals surface area contributed by atoms with Gasteiger partial charge in [-0.1, -0.05) is 30.3 Å². The Labute approximate surface area is 131 Å². The van der Waals surface area contributed by atoms with Crippen molar-refractivity contribution in [1.82, 2.24) is 4.90 Å². The highest BCUT2D eigenvalue weighted by molar-refractivity contribution is 7.98. The molecule has 1 aliphatic heterocycles. The summed E-state index contributed by atoms with van der Waals surface area (Å²) in [6.07, 6.45) is 3.67. The van der Waals surface area contributed by atoms with E-state index >= 15 is 0 Å². The quantitative estimate of drug-likeness (QED) is 0.866. The van der Waals surface area contributed by atoms with Crippen LogP contribution >= 0.6 is 11.8 Å². The van der Waals surface area contributed by atoms with E-state index in [-0.39, 0.29) is 18.1 Å². The predicted octanol–water partition coefficient (Wildman–Crippen LogP) is 1.54. The lowest BCUT2D eigenvalue weighted by molar-refractivity contribution is -0.140. The van der Waals surface area contributed by atoms with Gasteiger partial charge in [0.25, 0.3) is 0 Å². The molecule has 1 aromatic rings. The first-order valence-corrected chi connectivity index (χ1v) is 8.79. The number of ether oxygens (including phenoxy) is 1. The van der Waals surface area contributed by atoms with E-state index in [1.165, 1.54) is 5.56 Å². The lowest BCUT2D eigenvalue weighted by Gasteiger charge is -2.34. The number of rotatable bonds is 6. The third kappa shape index (κ3) is 5.02. The molecule has 4 nitrogen and oxygen atoms in total. The number of amides is 1. The Bertz CT molecular complexity index is 441. The minimum Gasteiger partial charge on any atom is -0.374 e. The number of nitrogens with zero attached hydrogens (tertiary/aromatic N) is 1. The number of nitrogens with two attached hydrogens (primary N) is 1. The van der Waals surface area contributed by atoms with E-state index in [4.69, 9.17) is 10.5 Å². The van der Waals surface area contributed by atoms with Crippen LogP contribution in [0.5, 0.6) is 0 Å². The first-order chi connectivity index (χ1) is 10.2. The Kier molecular flexibility index (Phi) is 6.54. The van der Waals surface area contributed by atoms with Crippen LogP contribution in [0.3, 0.4) is 0 Å². The van der Waals surface area contributed by atoms with Crippen molar-refractivity contribution in [3.63, 3.8) is 0 Å². The van der Waals surface area contributed by atoms with Gasteiger partial charge >= 0.3 is 0 Å². The van der Waals surface area contributed by atoms with Gasteiger partial charge in [-0.15, -0.1) is 0 Å². The van der Waals surface area contributed by atoms with Crippen LogP contribution in [0.25, 0.3) is 0 Å². The van der Waals surface area contributed by atoms with Gasteiger partial charge in [0.2, 0.25) is 5.91 Å². The van der Waals surface area contributed by atoms with Crippen LogP contribution < -0.4 is 5.73 Å². The molecule has 0 saturated carbocycles. The summed E-state index contributed by atoms with van der Waals surface area (Å²) in [7, 11) is 0. The molecule has 1 fully saturated rings. The van der Waals surface area contributed by atoms with Crippen LogP contribution in [0.1, 0.15) is 12.0 Å². The standard InChI is InChI=1S/C16H24N2O2S/c1-21-10-7-15(17)16(19)18-8-9-20-14(12-18)11-13-5-3-2-4-6-13/h2-6,14-15H,7-12,17H2,1H3. The van der Waals surface area contributed by atoms with Gasteiger partial charge in [-0.3, -0.25) is 4.79 Å². The van der Waals surface area contributed by atoms with Gasteiger partial charge in [0.05, 0.1) is 18.8 Å². The first kappa shape index (κ1) is 16.3. The highest BCUT2D eigenvalue weighted by atomic mass is 32.2. The molecule has 2 unspecified atom stereocenters. The Balaban J connectivity index is 1.86. The van der Waals surface area contributed by atoms with Crippen molar-refractivity contribution in [2.75, 3.05) is 31.7 Å².